The van der Waals surface area contributed by atoms with Gasteiger partial charge in [0.2, 0.25) is 0 Å². The molecule has 0 amide bonds. The summed E-state index contributed by atoms with van der Waals surface area (Å²) in [4.78, 5) is 18.3. The van der Waals surface area contributed by atoms with Crippen molar-refractivity contribution in [3.8, 4) is 11.8 Å². The van der Waals surface area contributed by atoms with Crippen molar-refractivity contribution in [1.82, 2.24) is 14.5 Å². The Morgan fingerprint density at radius 3 is 2.86 bits per heavy atom. The van der Waals surface area contributed by atoms with Gasteiger partial charge in [-0.15, -0.1) is 11.8 Å². The summed E-state index contributed by atoms with van der Waals surface area (Å²) in [6.45, 7) is 3.01. The molecule has 3 heterocycles. The summed E-state index contributed by atoms with van der Waals surface area (Å²) in [6, 6.07) is 0. The number of hydrogen-bond acceptors (Lipinski definition) is 5. The van der Waals surface area contributed by atoms with E-state index in [4.69, 9.17) is 5.73 Å². The van der Waals surface area contributed by atoms with Gasteiger partial charge >= 0.3 is 5.69 Å². The Morgan fingerprint density at radius 1 is 1.32 bits per heavy atom. The van der Waals surface area contributed by atoms with Crippen LogP contribution >= 0.6 is 11.8 Å². The van der Waals surface area contributed by atoms with Crippen LogP contribution in [0.5, 0.6) is 0 Å². The summed E-state index contributed by atoms with van der Waals surface area (Å²) in [6.07, 6.45) is 7.78. The summed E-state index contributed by atoms with van der Waals surface area (Å²) < 4.78 is 1.69. The lowest BCUT2D eigenvalue weighted by atomic mass is 10.1. The average Bonchev–Trinajstić information content (AvgIpc) is 3.04. The standard InChI is InChI=1S/C16H22N4OS/c17-15-13(6-4-10-19-8-2-1-3-9-19)12-20(16(21)18-15)14-7-5-11-22-14/h12,14H,1-3,5,7-11H2,(H2,17,18,21)/t14-/m0/s1. The van der Waals surface area contributed by atoms with Crippen LogP contribution in [0.15, 0.2) is 11.0 Å². The molecule has 1 atom stereocenters. The van der Waals surface area contributed by atoms with E-state index in [2.05, 4.69) is 21.7 Å². The molecule has 2 aliphatic heterocycles. The van der Waals surface area contributed by atoms with Gasteiger partial charge < -0.3 is 5.73 Å². The Balaban J connectivity index is 1.75. The van der Waals surface area contributed by atoms with Gasteiger partial charge in [-0.05, 0) is 44.5 Å². The number of thioether (sulfide) groups is 1. The van der Waals surface area contributed by atoms with Crippen molar-refractivity contribution >= 4 is 17.6 Å². The molecule has 22 heavy (non-hydrogen) atoms. The molecule has 0 saturated carbocycles. The molecule has 0 aliphatic carbocycles. The zero-order chi connectivity index (χ0) is 15.4. The Morgan fingerprint density at radius 2 is 2.14 bits per heavy atom. The summed E-state index contributed by atoms with van der Waals surface area (Å²) in [5, 5.41) is 0.184. The van der Waals surface area contributed by atoms with Crippen LogP contribution in [-0.2, 0) is 0 Å². The first kappa shape index (κ1) is 15.4. The second-order valence-corrected chi connectivity index (χ2v) is 7.12. The maximum atomic E-state index is 12.0. The number of piperidine rings is 1. The second-order valence-electron chi connectivity index (χ2n) is 5.84. The van der Waals surface area contributed by atoms with Crippen LogP contribution in [0.25, 0.3) is 0 Å². The zero-order valence-electron chi connectivity index (χ0n) is 12.8. The summed E-state index contributed by atoms with van der Waals surface area (Å²) in [7, 11) is 0. The smallest absolute Gasteiger partial charge is 0.350 e. The first-order valence-electron chi connectivity index (χ1n) is 7.95. The van der Waals surface area contributed by atoms with E-state index in [1.54, 1.807) is 22.5 Å². The average molecular weight is 318 g/mol. The largest absolute Gasteiger partial charge is 0.382 e. The molecule has 0 bridgehead atoms. The van der Waals surface area contributed by atoms with Crippen molar-refractivity contribution in [3.05, 3.63) is 22.2 Å². The number of likely N-dealkylation sites (tertiary alicyclic amines) is 1. The van der Waals surface area contributed by atoms with Crippen molar-refractivity contribution in [1.29, 1.82) is 0 Å². The molecule has 0 aromatic carbocycles. The van der Waals surface area contributed by atoms with E-state index >= 15 is 0 Å². The van der Waals surface area contributed by atoms with Crippen LogP contribution in [0.4, 0.5) is 5.82 Å². The van der Waals surface area contributed by atoms with Crippen LogP contribution in [0, 0.1) is 11.8 Å². The van der Waals surface area contributed by atoms with Gasteiger partial charge in [-0.2, -0.15) is 4.98 Å². The second kappa shape index (κ2) is 7.21. The van der Waals surface area contributed by atoms with Gasteiger partial charge in [0.1, 0.15) is 5.82 Å². The molecule has 0 radical (unpaired) electrons. The minimum absolute atomic E-state index is 0.184. The highest BCUT2D eigenvalue weighted by molar-refractivity contribution is 7.99. The molecule has 2 saturated heterocycles. The number of nitrogen functional groups attached to an aromatic ring is 1. The molecule has 2 N–H and O–H groups in total. The first-order chi connectivity index (χ1) is 10.7. The minimum Gasteiger partial charge on any atom is -0.382 e. The Bertz CT molecular complexity index is 634. The molecule has 1 aromatic heterocycles. The van der Waals surface area contributed by atoms with Gasteiger partial charge in [0.25, 0.3) is 0 Å². The highest BCUT2D eigenvalue weighted by Gasteiger charge is 2.19. The third-order valence-electron chi connectivity index (χ3n) is 4.17. The molecule has 2 fully saturated rings. The van der Waals surface area contributed by atoms with Crippen molar-refractivity contribution in [2.45, 2.75) is 37.5 Å². The van der Waals surface area contributed by atoms with Crippen molar-refractivity contribution in [2.24, 2.45) is 0 Å². The predicted octanol–water partition coefficient (Wildman–Crippen LogP) is 1.69. The number of rotatable bonds is 2. The molecule has 2 aliphatic rings. The van der Waals surface area contributed by atoms with E-state index in [1.165, 1.54) is 19.3 Å². The van der Waals surface area contributed by atoms with E-state index in [0.29, 0.717) is 5.56 Å². The van der Waals surface area contributed by atoms with Crippen molar-refractivity contribution in [3.63, 3.8) is 0 Å². The van der Waals surface area contributed by atoms with Crippen LogP contribution in [0.3, 0.4) is 0 Å². The zero-order valence-corrected chi connectivity index (χ0v) is 13.6. The fourth-order valence-electron chi connectivity index (χ4n) is 2.93. The highest BCUT2D eigenvalue weighted by Crippen LogP contribution is 2.34. The maximum Gasteiger partial charge on any atom is 0.350 e. The lowest BCUT2D eigenvalue weighted by Gasteiger charge is -2.23. The van der Waals surface area contributed by atoms with Crippen LogP contribution < -0.4 is 11.4 Å². The lowest BCUT2D eigenvalue weighted by molar-refractivity contribution is 0.255. The van der Waals surface area contributed by atoms with Crippen LogP contribution in [0.1, 0.15) is 43.0 Å². The quantitative estimate of drug-likeness (QED) is 0.841. The molecule has 1 aromatic rings. The molecule has 0 spiro atoms. The molecule has 3 rings (SSSR count). The number of nitrogens with zero attached hydrogens (tertiary/aromatic N) is 3. The molecule has 5 nitrogen and oxygen atoms in total. The number of nitrogens with two attached hydrogens (primary N) is 1. The molecule has 0 unspecified atom stereocenters. The fraction of sp³-hybridized carbons (Fsp3) is 0.625. The third-order valence-corrected chi connectivity index (χ3v) is 5.54. The van der Waals surface area contributed by atoms with Crippen LogP contribution in [-0.4, -0.2) is 39.8 Å². The van der Waals surface area contributed by atoms with Gasteiger partial charge in [-0.3, -0.25) is 9.47 Å². The van der Waals surface area contributed by atoms with Gasteiger partial charge in [0.15, 0.2) is 0 Å². The minimum atomic E-state index is -0.265. The SMILES string of the molecule is Nc1nc(=O)n([C@@H]2CCCS2)cc1C#CCN1CCCCC1. The Hall–Kier alpha value is -1.45. The first-order valence-corrected chi connectivity index (χ1v) is 9.00. The van der Waals surface area contributed by atoms with Gasteiger partial charge in [0.05, 0.1) is 17.5 Å². The lowest BCUT2D eigenvalue weighted by Crippen LogP contribution is -2.30. The monoisotopic (exact) mass is 318 g/mol. The molecule has 6 heteroatoms. The number of aromatic nitrogens is 2. The van der Waals surface area contributed by atoms with E-state index in [9.17, 15) is 4.79 Å². The summed E-state index contributed by atoms with van der Waals surface area (Å²) in [5.41, 5.74) is 6.27. The van der Waals surface area contributed by atoms with E-state index in [1.807, 2.05) is 0 Å². The van der Waals surface area contributed by atoms with E-state index in [-0.39, 0.29) is 16.9 Å². The fourth-order valence-corrected chi connectivity index (χ4v) is 4.18. The Labute approximate surface area is 135 Å². The molecular formula is C16H22N4OS. The Kier molecular flexibility index (Phi) is 5.06. The predicted molar refractivity (Wildman–Crippen MR) is 90.8 cm³/mol. The van der Waals surface area contributed by atoms with E-state index in [0.717, 1.165) is 38.2 Å². The number of hydrogen-bond donors (Lipinski definition) is 1. The third kappa shape index (κ3) is 3.65. The molecule has 118 valence electrons. The normalized spacial score (nSPS) is 22.3. The van der Waals surface area contributed by atoms with Crippen LogP contribution in [0.2, 0.25) is 0 Å². The summed E-state index contributed by atoms with van der Waals surface area (Å²) >= 11 is 1.80. The van der Waals surface area contributed by atoms with Crippen molar-refractivity contribution < 1.29 is 0 Å². The number of anilines is 1. The molecular weight excluding hydrogens is 296 g/mol. The van der Waals surface area contributed by atoms with Gasteiger partial charge in [-0.25, -0.2) is 4.79 Å². The van der Waals surface area contributed by atoms with E-state index < -0.39 is 0 Å². The maximum absolute atomic E-state index is 12.0. The van der Waals surface area contributed by atoms with Gasteiger partial charge in [-0.1, -0.05) is 18.3 Å². The topological polar surface area (TPSA) is 64.1 Å². The van der Waals surface area contributed by atoms with Crippen molar-refractivity contribution in [2.75, 3.05) is 31.1 Å². The van der Waals surface area contributed by atoms with Gasteiger partial charge in [0, 0.05) is 6.20 Å². The summed E-state index contributed by atoms with van der Waals surface area (Å²) in [5.74, 6) is 7.63. The highest BCUT2D eigenvalue weighted by atomic mass is 32.2.